The van der Waals surface area contributed by atoms with Gasteiger partial charge in [0.1, 0.15) is 13.2 Å². The summed E-state index contributed by atoms with van der Waals surface area (Å²) in [6, 6.07) is -0.888. The second-order valence-corrected chi connectivity index (χ2v) is 22.1. The van der Waals surface area contributed by atoms with Crippen LogP contribution in [0.25, 0.3) is 0 Å². The van der Waals surface area contributed by atoms with E-state index in [0.717, 1.165) is 38.5 Å². The van der Waals surface area contributed by atoms with Crippen LogP contribution in [0.2, 0.25) is 0 Å². The number of carbonyl (C=O) groups is 1. The predicted molar refractivity (Wildman–Crippen MR) is 284 cm³/mol. The molecule has 0 saturated carbocycles. The SMILES string of the molecule is CCCCC/C=C\C=C/CCCCCCCCCCCCC(=O)NC(COP(=O)([O-])OCC[N+](C)(C)C)C(O)/C=C/CCCCCCCCCCCCCCCCCCCCCCCCC. The molecule has 0 radical (unpaired) electrons. The number of hydrogen-bond acceptors (Lipinski definition) is 6. The molecule has 390 valence electrons. The number of aliphatic hydroxyl groups excluding tert-OH is 1. The summed E-state index contributed by atoms with van der Waals surface area (Å²) < 4.78 is 23.3. The lowest BCUT2D eigenvalue weighted by Gasteiger charge is -2.29. The fourth-order valence-electron chi connectivity index (χ4n) is 8.38. The molecule has 0 fully saturated rings. The van der Waals surface area contributed by atoms with Crippen LogP contribution in [0.3, 0.4) is 0 Å². The van der Waals surface area contributed by atoms with Crippen molar-refractivity contribution in [3.8, 4) is 0 Å². The first-order valence-corrected chi connectivity index (χ1v) is 29.8. The van der Waals surface area contributed by atoms with Gasteiger partial charge in [-0.3, -0.25) is 9.36 Å². The molecular formula is C57H111N2O6P. The molecule has 0 aromatic heterocycles. The van der Waals surface area contributed by atoms with Gasteiger partial charge in [-0.25, -0.2) is 0 Å². The molecule has 0 spiro atoms. The largest absolute Gasteiger partial charge is 0.756 e. The van der Waals surface area contributed by atoms with Crippen molar-refractivity contribution in [3.05, 3.63) is 36.5 Å². The number of nitrogens with one attached hydrogen (secondary N) is 1. The minimum atomic E-state index is -4.60. The lowest BCUT2D eigenvalue weighted by molar-refractivity contribution is -0.870. The fraction of sp³-hybridized carbons (Fsp3) is 0.877. The van der Waals surface area contributed by atoms with Crippen LogP contribution in [0.5, 0.6) is 0 Å². The predicted octanol–water partition coefficient (Wildman–Crippen LogP) is 16.4. The standard InChI is InChI=1S/C57H111N2O6P/c1-6-8-10-12-14-16-18-20-22-24-26-27-28-29-30-31-33-34-36-38-40-42-44-46-48-50-56(60)55(54-65-66(62,63)64-53-52-59(3,4)5)58-57(61)51-49-47-45-43-41-39-37-35-32-25-23-21-19-17-15-13-11-9-7-2/h15,17,19,21,48,50,55-56,60H,6-14,16,18,20,22-47,49,51-54H2,1-5H3,(H-,58,61,62,63)/b17-15-,21-19-,50-48+. The van der Waals surface area contributed by atoms with E-state index in [1.165, 1.54) is 212 Å². The van der Waals surface area contributed by atoms with E-state index in [-0.39, 0.29) is 19.1 Å². The average Bonchev–Trinajstić information content (AvgIpc) is 3.28. The zero-order chi connectivity index (χ0) is 48.5. The van der Waals surface area contributed by atoms with E-state index in [9.17, 15) is 19.4 Å². The molecule has 2 N–H and O–H groups in total. The number of phosphoric acid groups is 1. The molecule has 0 heterocycles. The molecule has 0 aliphatic rings. The molecule has 0 saturated heterocycles. The monoisotopic (exact) mass is 951 g/mol. The van der Waals surface area contributed by atoms with Crippen LogP contribution in [0.15, 0.2) is 36.5 Å². The Labute approximate surface area is 410 Å². The normalized spacial score (nSPS) is 14.2. The van der Waals surface area contributed by atoms with Crippen LogP contribution in [0, 0.1) is 0 Å². The van der Waals surface area contributed by atoms with Crippen LogP contribution in [0.1, 0.15) is 271 Å². The van der Waals surface area contributed by atoms with E-state index < -0.39 is 20.0 Å². The van der Waals surface area contributed by atoms with E-state index in [1.807, 2.05) is 27.2 Å². The summed E-state index contributed by atoms with van der Waals surface area (Å²) >= 11 is 0. The van der Waals surface area contributed by atoms with Crippen molar-refractivity contribution >= 4 is 13.7 Å². The van der Waals surface area contributed by atoms with Crippen LogP contribution in [0.4, 0.5) is 0 Å². The quantitative estimate of drug-likeness (QED) is 0.0207. The maximum Gasteiger partial charge on any atom is 0.268 e. The van der Waals surface area contributed by atoms with E-state index in [4.69, 9.17) is 9.05 Å². The zero-order valence-corrected chi connectivity index (χ0v) is 45.3. The fourth-order valence-corrected chi connectivity index (χ4v) is 9.10. The van der Waals surface area contributed by atoms with Crippen molar-refractivity contribution in [3.63, 3.8) is 0 Å². The van der Waals surface area contributed by atoms with Crippen molar-refractivity contribution < 1.29 is 32.9 Å². The van der Waals surface area contributed by atoms with Crippen molar-refractivity contribution in [2.24, 2.45) is 0 Å². The number of aliphatic hydroxyl groups is 1. The first-order valence-electron chi connectivity index (χ1n) is 28.4. The number of amides is 1. The highest BCUT2D eigenvalue weighted by atomic mass is 31.2. The number of nitrogens with zero attached hydrogens (tertiary/aromatic N) is 1. The van der Waals surface area contributed by atoms with Crippen molar-refractivity contribution in [2.75, 3.05) is 40.9 Å². The Morgan fingerprint density at radius 3 is 1.26 bits per heavy atom. The highest BCUT2D eigenvalue weighted by Crippen LogP contribution is 2.38. The van der Waals surface area contributed by atoms with Gasteiger partial charge in [-0.1, -0.05) is 256 Å². The van der Waals surface area contributed by atoms with Crippen molar-refractivity contribution in [2.45, 2.75) is 283 Å². The Hall–Kier alpha value is -1.28. The van der Waals surface area contributed by atoms with E-state index in [1.54, 1.807) is 6.08 Å². The van der Waals surface area contributed by atoms with E-state index >= 15 is 0 Å². The first kappa shape index (κ1) is 64.7. The lowest BCUT2D eigenvalue weighted by Crippen LogP contribution is -2.45. The van der Waals surface area contributed by atoms with Crippen LogP contribution in [-0.2, 0) is 18.4 Å². The molecule has 3 unspecified atom stereocenters. The van der Waals surface area contributed by atoms with Crippen LogP contribution < -0.4 is 10.2 Å². The van der Waals surface area contributed by atoms with Gasteiger partial charge in [0, 0.05) is 6.42 Å². The minimum Gasteiger partial charge on any atom is -0.756 e. The first-order chi connectivity index (χ1) is 32.0. The number of rotatable bonds is 52. The van der Waals surface area contributed by atoms with Gasteiger partial charge in [0.25, 0.3) is 7.82 Å². The van der Waals surface area contributed by atoms with Gasteiger partial charge >= 0.3 is 0 Å². The second kappa shape index (κ2) is 48.7. The maximum absolute atomic E-state index is 12.9. The molecule has 9 heteroatoms. The van der Waals surface area contributed by atoms with Gasteiger partial charge in [0.2, 0.25) is 5.91 Å². The molecule has 3 atom stereocenters. The number of unbranched alkanes of at least 4 members (excludes halogenated alkanes) is 36. The Morgan fingerprint density at radius 2 is 0.864 bits per heavy atom. The molecule has 0 aliphatic carbocycles. The van der Waals surface area contributed by atoms with Crippen LogP contribution >= 0.6 is 7.82 Å². The lowest BCUT2D eigenvalue weighted by atomic mass is 10.0. The molecule has 66 heavy (non-hydrogen) atoms. The molecule has 8 nitrogen and oxygen atoms in total. The van der Waals surface area contributed by atoms with Gasteiger partial charge in [-0.15, -0.1) is 0 Å². The summed E-state index contributed by atoms with van der Waals surface area (Å²) in [4.78, 5) is 25.5. The molecule has 0 aromatic rings. The Kier molecular flexibility index (Phi) is 47.8. The second-order valence-electron chi connectivity index (χ2n) is 20.7. The number of likely N-dealkylation sites (N-methyl/N-ethyl adjacent to an activating group) is 1. The topological polar surface area (TPSA) is 108 Å². The summed E-state index contributed by atoms with van der Waals surface area (Å²) in [5, 5.41) is 13.9. The molecular weight excluding hydrogens is 840 g/mol. The molecule has 0 bridgehead atoms. The number of carbonyl (C=O) groups excluding carboxylic acids is 1. The van der Waals surface area contributed by atoms with E-state index in [2.05, 4.69) is 43.5 Å². The van der Waals surface area contributed by atoms with Crippen LogP contribution in [-0.4, -0.2) is 68.5 Å². The Balaban J connectivity index is 4.21. The number of hydrogen-bond donors (Lipinski definition) is 2. The minimum absolute atomic E-state index is 0.00128. The van der Waals surface area contributed by atoms with Crippen molar-refractivity contribution in [1.82, 2.24) is 5.32 Å². The summed E-state index contributed by atoms with van der Waals surface area (Å²) in [6.07, 6.45) is 62.1. The summed E-state index contributed by atoms with van der Waals surface area (Å²) in [7, 11) is 1.26. The van der Waals surface area contributed by atoms with Gasteiger partial charge in [-0.2, -0.15) is 0 Å². The molecule has 0 aliphatic heterocycles. The zero-order valence-electron chi connectivity index (χ0n) is 44.4. The number of phosphoric ester groups is 1. The smallest absolute Gasteiger partial charge is 0.268 e. The summed E-state index contributed by atoms with van der Waals surface area (Å²) in [5.41, 5.74) is 0. The van der Waals surface area contributed by atoms with Crippen molar-refractivity contribution in [1.29, 1.82) is 0 Å². The van der Waals surface area contributed by atoms with E-state index in [0.29, 0.717) is 17.4 Å². The highest BCUT2D eigenvalue weighted by Gasteiger charge is 2.23. The number of quaternary nitrogens is 1. The molecule has 1 amide bonds. The summed E-state index contributed by atoms with van der Waals surface area (Å²) in [6.45, 7) is 4.65. The van der Waals surface area contributed by atoms with Gasteiger partial charge in [-0.05, 0) is 44.9 Å². The van der Waals surface area contributed by atoms with Gasteiger partial charge in [0.05, 0.1) is 39.9 Å². The average molecular weight is 951 g/mol. The summed E-state index contributed by atoms with van der Waals surface area (Å²) in [5.74, 6) is -0.199. The Morgan fingerprint density at radius 1 is 0.530 bits per heavy atom. The van der Waals surface area contributed by atoms with Gasteiger partial charge in [0.15, 0.2) is 0 Å². The third kappa shape index (κ3) is 50.6. The maximum atomic E-state index is 12.9. The molecule has 0 rings (SSSR count). The Bertz CT molecular complexity index is 1170. The number of allylic oxidation sites excluding steroid dienone is 5. The highest BCUT2D eigenvalue weighted by molar-refractivity contribution is 7.45. The third-order valence-corrected chi connectivity index (χ3v) is 13.8. The molecule has 0 aromatic carbocycles. The third-order valence-electron chi connectivity index (χ3n) is 12.9. The van der Waals surface area contributed by atoms with Gasteiger partial charge < -0.3 is 28.8 Å².